The number of hydrogen-bond acceptors (Lipinski definition) is 3. The zero-order chi connectivity index (χ0) is 13.8. The summed E-state index contributed by atoms with van der Waals surface area (Å²) in [6, 6.07) is 7.24. The van der Waals surface area contributed by atoms with Gasteiger partial charge in [0, 0.05) is 17.6 Å². The monoisotopic (exact) mass is 318 g/mol. The quantitative estimate of drug-likeness (QED) is 0.927. The van der Waals surface area contributed by atoms with Gasteiger partial charge >= 0.3 is 0 Å². The van der Waals surface area contributed by atoms with E-state index in [1.54, 1.807) is 24.3 Å². The summed E-state index contributed by atoms with van der Waals surface area (Å²) in [5, 5.41) is 0.651. The Kier molecular flexibility index (Phi) is 6.59. The summed E-state index contributed by atoms with van der Waals surface area (Å²) in [7, 11) is 0. The maximum absolute atomic E-state index is 12.1. The molecule has 2 rings (SSSR count). The van der Waals surface area contributed by atoms with Crippen molar-refractivity contribution < 1.29 is 9.53 Å². The van der Waals surface area contributed by atoms with E-state index in [0.29, 0.717) is 23.2 Å². The number of likely N-dealkylation sites (tertiary alicyclic amines) is 1. The smallest absolute Gasteiger partial charge is 0.260 e. The minimum atomic E-state index is 0. The Morgan fingerprint density at radius 2 is 2.10 bits per heavy atom. The first-order chi connectivity index (χ1) is 9.10. The largest absolute Gasteiger partial charge is 0.484 e. The van der Waals surface area contributed by atoms with Crippen LogP contribution in [0.4, 0.5) is 0 Å². The molecular formula is C14H20Cl2N2O2. The van der Waals surface area contributed by atoms with Gasteiger partial charge in [-0.15, -0.1) is 12.4 Å². The Morgan fingerprint density at radius 3 is 2.65 bits per heavy atom. The molecule has 0 spiro atoms. The third kappa shape index (κ3) is 4.27. The van der Waals surface area contributed by atoms with E-state index in [0.717, 1.165) is 13.0 Å². The van der Waals surface area contributed by atoms with Gasteiger partial charge in [-0.25, -0.2) is 0 Å². The number of carbonyl (C=O) groups excluding carboxylic acids is 1. The van der Waals surface area contributed by atoms with Crippen molar-refractivity contribution in [3.8, 4) is 5.75 Å². The second-order valence-corrected chi connectivity index (χ2v) is 5.41. The van der Waals surface area contributed by atoms with E-state index in [1.807, 2.05) is 4.90 Å². The van der Waals surface area contributed by atoms with E-state index < -0.39 is 0 Å². The lowest BCUT2D eigenvalue weighted by Gasteiger charge is -2.21. The Balaban J connectivity index is 0.00000200. The normalized spacial score (nSPS) is 21.4. The lowest BCUT2D eigenvalue weighted by atomic mass is 10.1. The lowest BCUT2D eigenvalue weighted by Crippen LogP contribution is -2.37. The molecule has 2 atom stereocenters. The van der Waals surface area contributed by atoms with Crippen LogP contribution in [0.2, 0.25) is 5.02 Å². The summed E-state index contributed by atoms with van der Waals surface area (Å²) in [5.41, 5.74) is 5.66. The molecule has 112 valence electrons. The average Bonchev–Trinajstić information content (AvgIpc) is 2.79. The highest BCUT2D eigenvalue weighted by molar-refractivity contribution is 6.30. The Morgan fingerprint density at radius 1 is 1.45 bits per heavy atom. The molecule has 1 saturated heterocycles. The topological polar surface area (TPSA) is 55.6 Å². The molecule has 0 saturated carbocycles. The van der Waals surface area contributed by atoms with Gasteiger partial charge in [0.05, 0.1) is 0 Å². The van der Waals surface area contributed by atoms with Crippen LogP contribution in [0.25, 0.3) is 0 Å². The number of amides is 1. The molecule has 2 N–H and O–H groups in total. The number of ether oxygens (including phenoxy) is 1. The van der Waals surface area contributed by atoms with Crippen LogP contribution in [0, 0.1) is 5.92 Å². The first-order valence-corrected chi connectivity index (χ1v) is 6.86. The second-order valence-electron chi connectivity index (χ2n) is 4.98. The number of nitrogens with zero attached hydrogens (tertiary/aromatic N) is 1. The number of halogens is 2. The van der Waals surface area contributed by atoms with E-state index in [2.05, 4.69) is 6.92 Å². The maximum Gasteiger partial charge on any atom is 0.260 e. The molecule has 1 heterocycles. The van der Waals surface area contributed by atoms with E-state index in [1.165, 1.54) is 0 Å². The molecule has 0 aliphatic carbocycles. The van der Waals surface area contributed by atoms with Crippen molar-refractivity contribution in [2.75, 3.05) is 19.7 Å². The lowest BCUT2D eigenvalue weighted by molar-refractivity contribution is -0.134. The van der Waals surface area contributed by atoms with Crippen LogP contribution in [0.15, 0.2) is 24.3 Å². The number of benzene rings is 1. The zero-order valence-electron chi connectivity index (χ0n) is 11.4. The van der Waals surface area contributed by atoms with Crippen molar-refractivity contribution in [2.24, 2.45) is 11.7 Å². The summed E-state index contributed by atoms with van der Waals surface area (Å²) >= 11 is 5.79. The molecule has 20 heavy (non-hydrogen) atoms. The third-order valence-corrected chi connectivity index (χ3v) is 3.74. The van der Waals surface area contributed by atoms with Crippen molar-refractivity contribution in [3.63, 3.8) is 0 Å². The highest BCUT2D eigenvalue weighted by Gasteiger charge is 2.31. The van der Waals surface area contributed by atoms with Crippen LogP contribution < -0.4 is 10.5 Å². The van der Waals surface area contributed by atoms with Gasteiger partial charge < -0.3 is 15.4 Å². The second kappa shape index (κ2) is 7.72. The first-order valence-electron chi connectivity index (χ1n) is 6.48. The van der Waals surface area contributed by atoms with Crippen LogP contribution in [0.1, 0.15) is 13.3 Å². The Hall–Kier alpha value is -0.970. The molecule has 6 heteroatoms. The van der Waals surface area contributed by atoms with Crippen LogP contribution in [-0.2, 0) is 4.79 Å². The van der Waals surface area contributed by atoms with Crippen LogP contribution in [0.3, 0.4) is 0 Å². The van der Waals surface area contributed by atoms with Crippen LogP contribution in [0.5, 0.6) is 5.75 Å². The molecule has 0 aromatic heterocycles. The molecule has 0 bridgehead atoms. The fourth-order valence-electron chi connectivity index (χ4n) is 2.42. The van der Waals surface area contributed by atoms with Crippen molar-refractivity contribution >= 4 is 29.9 Å². The standard InChI is InChI=1S/C14H19ClN2O2.ClH/c1-10-6-11(7-16)8-17(10)14(18)9-19-13-4-2-12(15)3-5-13;/h2-5,10-11H,6-9,16H2,1H3;1H. The summed E-state index contributed by atoms with van der Waals surface area (Å²) < 4.78 is 5.47. The van der Waals surface area contributed by atoms with E-state index in [4.69, 9.17) is 22.1 Å². The van der Waals surface area contributed by atoms with Gasteiger partial charge in [-0.2, -0.15) is 0 Å². The minimum absolute atomic E-state index is 0. The number of rotatable bonds is 4. The SMILES string of the molecule is CC1CC(CN)CN1C(=O)COc1ccc(Cl)cc1.Cl. The zero-order valence-corrected chi connectivity index (χ0v) is 13.0. The minimum Gasteiger partial charge on any atom is -0.484 e. The summed E-state index contributed by atoms with van der Waals surface area (Å²) in [6.07, 6.45) is 0.975. The predicted molar refractivity (Wildman–Crippen MR) is 82.5 cm³/mol. The molecule has 4 nitrogen and oxygen atoms in total. The molecule has 1 aliphatic rings. The Bertz CT molecular complexity index is 439. The molecule has 2 unspecified atom stereocenters. The summed E-state index contributed by atoms with van der Waals surface area (Å²) in [4.78, 5) is 13.9. The fraction of sp³-hybridized carbons (Fsp3) is 0.500. The van der Waals surface area contributed by atoms with Crippen molar-refractivity contribution in [1.82, 2.24) is 4.90 Å². The van der Waals surface area contributed by atoms with Gasteiger partial charge in [-0.3, -0.25) is 4.79 Å². The Labute approximate surface area is 130 Å². The van der Waals surface area contributed by atoms with Crippen molar-refractivity contribution in [1.29, 1.82) is 0 Å². The summed E-state index contributed by atoms with van der Waals surface area (Å²) in [6.45, 7) is 3.48. The van der Waals surface area contributed by atoms with E-state index >= 15 is 0 Å². The van der Waals surface area contributed by atoms with Crippen molar-refractivity contribution in [3.05, 3.63) is 29.3 Å². The van der Waals surface area contributed by atoms with Gasteiger partial charge in [0.15, 0.2) is 6.61 Å². The number of nitrogens with two attached hydrogens (primary N) is 1. The molecule has 1 fully saturated rings. The molecule has 1 aromatic carbocycles. The highest BCUT2D eigenvalue weighted by Crippen LogP contribution is 2.22. The van der Waals surface area contributed by atoms with Crippen LogP contribution in [-0.4, -0.2) is 36.5 Å². The summed E-state index contributed by atoms with van der Waals surface area (Å²) in [5.74, 6) is 1.08. The molecule has 1 aliphatic heterocycles. The average molecular weight is 319 g/mol. The van der Waals surface area contributed by atoms with Gasteiger partial charge in [0.2, 0.25) is 0 Å². The van der Waals surface area contributed by atoms with Gasteiger partial charge in [0.1, 0.15) is 5.75 Å². The maximum atomic E-state index is 12.1. The number of carbonyl (C=O) groups is 1. The predicted octanol–water partition coefficient (Wildman–Crippen LogP) is 2.34. The fourth-order valence-corrected chi connectivity index (χ4v) is 2.55. The number of hydrogen-bond donors (Lipinski definition) is 1. The van der Waals surface area contributed by atoms with E-state index in [-0.39, 0.29) is 31.0 Å². The van der Waals surface area contributed by atoms with Gasteiger partial charge in [-0.05, 0) is 50.1 Å². The first kappa shape index (κ1) is 17.1. The molecule has 1 amide bonds. The molecule has 0 radical (unpaired) electrons. The highest BCUT2D eigenvalue weighted by atomic mass is 35.5. The van der Waals surface area contributed by atoms with Gasteiger partial charge in [-0.1, -0.05) is 11.6 Å². The van der Waals surface area contributed by atoms with E-state index in [9.17, 15) is 4.79 Å². The van der Waals surface area contributed by atoms with Crippen LogP contribution >= 0.6 is 24.0 Å². The third-order valence-electron chi connectivity index (χ3n) is 3.49. The molecule has 1 aromatic rings. The molecular weight excluding hydrogens is 299 g/mol. The van der Waals surface area contributed by atoms with Gasteiger partial charge in [0.25, 0.3) is 5.91 Å². The van der Waals surface area contributed by atoms with Crippen molar-refractivity contribution in [2.45, 2.75) is 19.4 Å².